The molecule has 2 aliphatic carbocycles. The Morgan fingerprint density at radius 2 is 1.55 bits per heavy atom. The third kappa shape index (κ3) is 4.53. The number of nitrogens with zero attached hydrogens (tertiary/aromatic N) is 1. The molecule has 178 valence electrons. The van der Waals surface area contributed by atoms with Crippen LogP contribution >= 0.6 is 0 Å². The highest BCUT2D eigenvalue weighted by Crippen LogP contribution is 2.64. The predicted octanol–water partition coefficient (Wildman–Crippen LogP) is 5.14. The van der Waals surface area contributed by atoms with Gasteiger partial charge in [0.05, 0.1) is 17.2 Å². The molecule has 2 bridgehead atoms. The third-order valence-electron chi connectivity index (χ3n) is 8.50. The molecule has 5 nitrogen and oxygen atoms in total. The highest BCUT2D eigenvalue weighted by Gasteiger charge is 2.65. The van der Waals surface area contributed by atoms with Crippen LogP contribution in [0.3, 0.4) is 0 Å². The molecular formula is C27H35NO4S. The van der Waals surface area contributed by atoms with Crippen LogP contribution < -0.4 is 0 Å². The Morgan fingerprint density at radius 3 is 1.88 bits per heavy atom. The van der Waals surface area contributed by atoms with Gasteiger partial charge in [-0.25, -0.2) is 0 Å². The van der Waals surface area contributed by atoms with Gasteiger partial charge in [0.15, 0.2) is 0 Å². The molecule has 2 saturated carbocycles. The zero-order valence-electron chi connectivity index (χ0n) is 19.8. The first-order valence-electron chi connectivity index (χ1n) is 11.9. The van der Waals surface area contributed by atoms with Crippen LogP contribution in [0.25, 0.3) is 0 Å². The second-order valence-corrected chi connectivity index (χ2v) is 11.9. The minimum absolute atomic E-state index is 0.0152. The van der Waals surface area contributed by atoms with Crippen molar-refractivity contribution in [3.05, 3.63) is 71.8 Å². The molecule has 0 aromatic heterocycles. The number of Topliss-reactive ketones (excluding diaryl/α,β-unsaturated/α-hetero) is 1. The Bertz CT molecular complexity index is 1040. The van der Waals surface area contributed by atoms with Gasteiger partial charge in [-0.2, -0.15) is 8.42 Å². The average Bonchev–Trinajstić information content (AvgIpc) is 3.11. The summed E-state index contributed by atoms with van der Waals surface area (Å²) in [5, 5.41) is 0. The van der Waals surface area contributed by atoms with Crippen LogP contribution in [0.4, 0.5) is 0 Å². The van der Waals surface area contributed by atoms with E-state index in [1.54, 1.807) is 0 Å². The lowest BCUT2D eigenvalue weighted by molar-refractivity contribution is -0.128. The van der Waals surface area contributed by atoms with Gasteiger partial charge in [0, 0.05) is 19.0 Å². The molecular weight excluding hydrogens is 434 g/mol. The lowest BCUT2D eigenvalue weighted by Crippen LogP contribution is -2.47. The predicted molar refractivity (Wildman–Crippen MR) is 130 cm³/mol. The lowest BCUT2D eigenvalue weighted by atomic mass is 9.70. The van der Waals surface area contributed by atoms with Gasteiger partial charge in [0.1, 0.15) is 5.78 Å². The van der Waals surface area contributed by atoms with Crippen LogP contribution in [-0.4, -0.2) is 42.0 Å². The van der Waals surface area contributed by atoms with Crippen molar-refractivity contribution in [1.82, 2.24) is 4.90 Å². The number of carbonyl (C=O) groups is 1. The fraction of sp³-hybridized carbons (Fsp3) is 0.519. The smallest absolute Gasteiger partial charge is 0.265 e. The summed E-state index contributed by atoms with van der Waals surface area (Å²) in [7, 11) is -4.08. The van der Waals surface area contributed by atoms with Crippen LogP contribution in [0.2, 0.25) is 0 Å². The topological polar surface area (TPSA) is 74.7 Å². The number of carbonyl (C=O) groups excluding carboxylic acids is 1. The van der Waals surface area contributed by atoms with Gasteiger partial charge in [-0.05, 0) is 48.6 Å². The van der Waals surface area contributed by atoms with Crippen molar-refractivity contribution >= 4 is 15.9 Å². The van der Waals surface area contributed by atoms with Gasteiger partial charge in [-0.15, -0.1) is 0 Å². The Hall–Kier alpha value is -2.02. The number of benzene rings is 2. The summed E-state index contributed by atoms with van der Waals surface area (Å²) in [6.45, 7) is 7.42. The molecule has 2 unspecified atom stereocenters. The zero-order chi connectivity index (χ0) is 23.9. The van der Waals surface area contributed by atoms with Crippen LogP contribution in [-0.2, 0) is 14.9 Å². The molecule has 6 heteroatoms. The van der Waals surface area contributed by atoms with Crippen LogP contribution in [0, 0.1) is 16.7 Å². The Labute approximate surface area is 198 Å². The van der Waals surface area contributed by atoms with Gasteiger partial charge >= 0.3 is 0 Å². The number of fused-ring (bicyclic) bond motifs is 2. The second kappa shape index (κ2) is 8.97. The van der Waals surface area contributed by atoms with Gasteiger partial charge in [0.2, 0.25) is 0 Å². The van der Waals surface area contributed by atoms with Gasteiger partial charge in [-0.3, -0.25) is 14.2 Å². The summed E-state index contributed by atoms with van der Waals surface area (Å²) in [5.41, 5.74) is 1.68. The quantitative estimate of drug-likeness (QED) is 0.614. The maximum Gasteiger partial charge on any atom is 0.265 e. The first-order chi connectivity index (χ1) is 15.6. The standard InChI is InChI=1S/C17H19N.C10H16O4S/c1-14-12-13-18(14)17(15-8-4-2-5-9-15)16-10-6-3-7-11-16;1-9(2)7-3-4-10(9,8(11)5-7)6-15(12,13)14/h2-11,14,17H,12-13H2,1H3;7H,3-6H2,1-2H3,(H,12,13,14)/t;7?,10-/m.1/s1. The molecule has 0 radical (unpaired) electrons. The minimum Gasteiger partial charge on any atom is -0.299 e. The third-order valence-corrected chi connectivity index (χ3v) is 9.36. The van der Waals surface area contributed by atoms with E-state index in [-0.39, 0.29) is 17.1 Å². The molecule has 5 rings (SSSR count). The number of likely N-dealkylation sites (tertiary alicyclic amines) is 1. The molecule has 3 atom stereocenters. The largest absolute Gasteiger partial charge is 0.299 e. The van der Waals surface area contributed by atoms with E-state index in [1.807, 2.05) is 13.8 Å². The van der Waals surface area contributed by atoms with Crippen molar-refractivity contribution in [3.63, 3.8) is 0 Å². The molecule has 1 N–H and O–H groups in total. The van der Waals surface area contributed by atoms with E-state index in [0.29, 0.717) is 24.9 Å². The highest BCUT2D eigenvalue weighted by molar-refractivity contribution is 7.85. The van der Waals surface area contributed by atoms with Crippen molar-refractivity contribution in [2.75, 3.05) is 12.3 Å². The molecule has 33 heavy (non-hydrogen) atoms. The van der Waals surface area contributed by atoms with E-state index in [4.69, 9.17) is 4.55 Å². The highest BCUT2D eigenvalue weighted by atomic mass is 32.2. The summed E-state index contributed by atoms with van der Waals surface area (Å²) in [5.74, 6) is -0.101. The molecule has 1 saturated heterocycles. The van der Waals surface area contributed by atoms with Crippen molar-refractivity contribution in [3.8, 4) is 0 Å². The van der Waals surface area contributed by atoms with Crippen molar-refractivity contribution < 1.29 is 17.8 Å². The fourth-order valence-corrected chi connectivity index (χ4v) is 7.49. The Morgan fingerprint density at radius 1 is 1.00 bits per heavy atom. The monoisotopic (exact) mass is 469 g/mol. The lowest BCUT2D eigenvalue weighted by Gasteiger charge is -2.45. The molecule has 3 aliphatic rings. The first-order valence-corrected chi connectivity index (χ1v) is 13.5. The maximum absolute atomic E-state index is 11.9. The fourth-order valence-electron chi connectivity index (χ4n) is 6.19. The molecule has 1 aliphatic heterocycles. The van der Waals surface area contributed by atoms with E-state index in [1.165, 1.54) is 24.1 Å². The normalized spacial score (nSPS) is 28.3. The van der Waals surface area contributed by atoms with E-state index >= 15 is 0 Å². The second-order valence-electron chi connectivity index (χ2n) is 10.5. The Balaban J connectivity index is 0.000000160. The minimum atomic E-state index is -4.08. The van der Waals surface area contributed by atoms with E-state index in [0.717, 1.165) is 6.42 Å². The first kappa shape index (κ1) is 24.1. The summed E-state index contributed by atoms with van der Waals surface area (Å²) < 4.78 is 31.0. The van der Waals surface area contributed by atoms with Crippen LogP contribution in [0.5, 0.6) is 0 Å². The summed E-state index contributed by atoms with van der Waals surface area (Å²) in [6, 6.07) is 22.8. The molecule has 0 amide bonds. The molecule has 2 aromatic carbocycles. The van der Waals surface area contributed by atoms with Gasteiger partial charge in [-0.1, -0.05) is 74.5 Å². The number of hydrogen-bond acceptors (Lipinski definition) is 4. The number of ketones is 1. The van der Waals surface area contributed by atoms with Crippen molar-refractivity contribution in [2.45, 2.75) is 58.5 Å². The molecule has 2 aromatic rings. The van der Waals surface area contributed by atoms with Crippen molar-refractivity contribution in [2.24, 2.45) is 16.7 Å². The molecule has 3 fully saturated rings. The molecule has 0 spiro atoms. The number of hydrogen-bond donors (Lipinski definition) is 1. The van der Waals surface area contributed by atoms with E-state index < -0.39 is 21.3 Å². The maximum atomic E-state index is 11.9. The number of rotatable bonds is 5. The average molecular weight is 470 g/mol. The summed E-state index contributed by atoms with van der Waals surface area (Å²) >= 11 is 0. The summed E-state index contributed by atoms with van der Waals surface area (Å²) in [4.78, 5) is 14.5. The van der Waals surface area contributed by atoms with Gasteiger partial charge in [0.25, 0.3) is 10.1 Å². The Kier molecular flexibility index (Phi) is 6.56. The van der Waals surface area contributed by atoms with Crippen LogP contribution in [0.1, 0.15) is 63.6 Å². The zero-order valence-corrected chi connectivity index (χ0v) is 20.6. The van der Waals surface area contributed by atoms with Crippen molar-refractivity contribution in [1.29, 1.82) is 0 Å². The van der Waals surface area contributed by atoms with Gasteiger partial charge < -0.3 is 0 Å². The SMILES string of the molecule is CC1(C)C2CC[C@@]1(CS(=O)(=O)O)C(=O)C2.CC1CCN1C(c1ccccc1)c1ccccc1. The van der Waals surface area contributed by atoms with Crippen LogP contribution in [0.15, 0.2) is 60.7 Å². The van der Waals surface area contributed by atoms with E-state index in [2.05, 4.69) is 72.5 Å². The summed E-state index contributed by atoms with van der Waals surface area (Å²) in [6.07, 6.45) is 3.29. The molecule has 1 heterocycles. The van der Waals surface area contributed by atoms with E-state index in [9.17, 15) is 13.2 Å².